The van der Waals surface area contributed by atoms with Crippen LogP contribution in [0.5, 0.6) is 0 Å². The summed E-state index contributed by atoms with van der Waals surface area (Å²) in [5.74, 6) is -0.516. The Morgan fingerprint density at radius 2 is 2.15 bits per heavy atom. The minimum atomic E-state index is -0.358. The molecule has 3 heterocycles. The van der Waals surface area contributed by atoms with Gasteiger partial charge in [-0.3, -0.25) is 19.5 Å². The number of hydrogen-bond acceptors (Lipinski definition) is 5. The molecule has 1 unspecified atom stereocenters. The van der Waals surface area contributed by atoms with Crippen LogP contribution < -0.4 is 10.2 Å². The SMILES string of the molecule is Cc1cc(C)c(CNC(=O)C2CC(=O)N(c3nc4ccccc4s3)C2)cn1. The monoisotopic (exact) mass is 380 g/mol. The maximum Gasteiger partial charge on any atom is 0.229 e. The van der Waals surface area contributed by atoms with E-state index in [9.17, 15) is 9.59 Å². The Bertz CT molecular complexity index is 997. The summed E-state index contributed by atoms with van der Waals surface area (Å²) < 4.78 is 1.04. The first-order chi connectivity index (χ1) is 13.0. The van der Waals surface area contributed by atoms with Gasteiger partial charge in [-0.2, -0.15) is 0 Å². The van der Waals surface area contributed by atoms with E-state index in [2.05, 4.69) is 15.3 Å². The van der Waals surface area contributed by atoms with E-state index in [1.807, 2.05) is 44.2 Å². The molecule has 0 radical (unpaired) electrons. The highest BCUT2D eigenvalue weighted by Crippen LogP contribution is 2.32. The van der Waals surface area contributed by atoms with E-state index in [0.717, 1.165) is 27.0 Å². The van der Waals surface area contributed by atoms with E-state index >= 15 is 0 Å². The third-order valence-electron chi connectivity index (χ3n) is 4.82. The lowest BCUT2D eigenvalue weighted by molar-refractivity contribution is -0.126. The molecule has 0 bridgehead atoms. The van der Waals surface area contributed by atoms with E-state index in [-0.39, 0.29) is 24.2 Å². The van der Waals surface area contributed by atoms with Gasteiger partial charge in [0.25, 0.3) is 0 Å². The number of benzene rings is 1. The van der Waals surface area contributed by atoms with Crippen molar-refractivity contribution in [1.29, 1.82) is 0 Å². The molecule has 7 heteroatoms. The molecule has 6 nitrogen and oxygen atoms in total. The lowest BCUT2D eigenvalue weighted by atomic mass is 10.1. The molecule has 4 rings (SSSR count). The number of nitrogens with zero attached hydrogens (tertiary/aromatic N) is 3. The molecule has 1 aliphatic rings. The number of anilines is 1. The normalized spacial score (nSPS) is 16.9. The fraction of sp³-hybridized carbons (Fsp3) is 0.300. The second-order valence-corrected chi connectivity index (χ2v) is 7.85. The summed E-state index contributed by atoms with van der Waals surface area (Å²) in [6, 6.07) is 9.79. The number of carbonyl (C=O) groups excluding carboxylic acids is 2. The van der Waals surface area contributed by atoms with Crippen molar-refractivity contribution < 1.29 is 9.59 Å². The third kappa shape index (κ3) is 3.55. The molecular weight excluding hydrogens is 360 g/mol. The van der Waals surface area contributed by atoms with Gasteiger partial charge in [-0.25, -0.2) is 4.98 Å². The minimum Gasteiger partial charge on any atom is -0.352 e. The number of para-hydroxylation sites is 1. The topological polar surface area (TPSA) is 75.2 Å². The summed E-state index contributed by atoms with van der Waals surface area (Å²) in [6.45, 7) is 4.74. The largest absolute Gasteiger partial charge is 0.352 e. The Kier molecular flexibility index (Phi) is 4.61. The molecule has 1 aliphatic heterocycles. The van der Waals surface area contributed by atoms with Gasteiger partial charge in [-0.05, 0) is 43.2 Å². The van der Waals surface area contributed by atoms with Crippen LogP contribution in [0, 0.1) is 19.8 Å². The molecular formula is C20H20N4O2S. The number of nitrogens with one attached hydrogen (secondary N) is 1. The van der Waals surface area contributed by atoms with Gasteiger partial charge in [0, 0.05) is 31.4 Å². The Labute approximate surface area is 161 Å². The summed E-state index contributed by atoms with van der Waals surface area (Å²) in [7, 11) is 0. The number of pyridine rings is 1. The number of hydrogen-bond donors (Lipinski definition) is 1. The number of aryl methyl sites for hydroxylation is 2. The average Bonchev–Trinajstić information content (AvgIpc) is 3.23. The van der Waals surface area contributed by atoms with Gasteiger partial charge in [0.1, 0.15) is 0 Å². The van der Waals surface area contributed by atoms with Crippen LogP contribution in [0.4, 0.5) is 5.13 Å². The molecule has 1 N–H and O–H groups in total. The average molecular weight is 380 g/mol. The molecule has 1 fully saturated rings. The minimum absolute atomic E-state index is 0.0533. The Hall–Kier alpha value is -2.80. The van der Waals surface area contributed by atoms with E-state index < -0.39 is 0 Å². The van der Waals surface area contributed by atoms with Crippen molar-refractivity contribution in [2.24, 2.45) is 5.92 Å². The van der Waals surface area contributed by atoms with Gasteiger partial charge in [0.2, 0.25) is 11.8 Å². The molecule has 1 atom stereocenters. The van der Waals surface area contributed by atoms with Crippen LogP contribution in [0.2, 0.25) is 0 Å². The molecule has 0 spiro atoms. The highest BCUT2D eigenvalue weighted by Gasteiger charge is 2.36. The number of fused-ring (bicyclic) bond motifs is 1. The van der Waals surface area contributed by atoms with Gasteiger partial charge >= 0.3 is 0 Å². The Morgan fingerprint density at radius 1 is 1.33 bits per heavy atom. The Balaban J connectivity index is 1.43. The third-order valence-corrected chi connectivity index (χ3v) is 5.88. The van der Waals surface area contributed by atoms with Gasteiger partial charge in [-0.1, -0.05) is 23.5 Å². The molecule has 3 aromatic rings. The van der Waals surface area contributed by atoms with Gasteiger partial charge < -0.3 is 5.32 Å². The van der Waals surface area contributed by atoms with Crippen molar-refractivity contribution in [2.45, 2.75) is 26.8 Å². The zero-order chi connectivity index (χ0) is 19.0. The van der Waals surface area contributed by atoms with E-state index in [1.165, 1.54) is 11.3 Å². The predicted octanol–water partition coefficient (Wildman–Crippen LogP) is 2.98. The van der Waals surface area contributed by atoms with Crippen molar-refractivity contribution >= 4 is 38.5 Å². The Morgan fingerprint density at radius 3 is 2.93 bits per heavy atom. The van der Waals surface area contributed by atoms with Crippen molar-refractivity contribution in [2.75, 3.05) is 11.4 Å². The fourth-order valence-electron chi connectivity index (χ4n) is 3.28. The summed E-state index contributed by atoms with van der Waals surface area (Å²) in [5, 5.41) is 3.61. The molecule has 2 aromatic heterocycles. The van der Waals surface area contributed by atoms with Crippen LogP contribution >= 0.6 is 11.3 Å². The van der Waals surface area contributed by atoms with E-state index in [0.29, 0.717) is 18.2 Å². The predicted molar refractivity (Wildman–Crippen MR) is 106 cm³/mol. The summed E-state index contributed by atoms with van der Waals surface area (Å²) >= 11 is 1.48. The van der Waals surface area contributed by atoms with Crippen LogP contribution in [0.1, 0.15) is 23.2 Å². The van der Waals surface area contributed by atoms with Crippen LogP contribution in [0.3, 0.4) is 0 Å². The summed E-state index contributed by atoms with van der Waals surface area (Å²) in [4.78, 5) is 35.4. The highest BCUT2D eigenvalue weighted by molar-refractivity contribution is 7.22. The maximum atomic E-state index is 12.6. The summed E-state index contributed by atoms with van der Waals surface area (Å²) in [5.41, 5.74) is 3.92. The quantitative estimate of drug-likeness (QED) is 0.755. The molecule has 138 valence electrons. The number of thiazole rings is 1. The second kappa shape index (κ2) is 7.08. The number of rotatable bonds is 4. The van der Waals surface area contributed by atoms with Crippen molar-refractivity contribution in [1.82, 2.24) is 15.3 Å². The first-order valence-corrected chi connectivity index (χ1v) is 9.68. The second-order valence-electron chi connectivity index (χ2n) is 6.84. The zero-order valence-electron chi connectivity index (χ0n) is 15.2. The molecule has 1 saturated heterocycles. The maximum absolute atomic E-state index is 12.6. The van der Waals surface area contributed by atoms with Crippen LogP contribution in [0.15, 0.2) is 36.5 Å². The molecule has 1 aromatic carbocycles. The van der Waals surface area contributed by atoms with Crippen LogP contribution in [0.25, 0.3) is 10.2 Å². The van der Waals surface area contributed by atoms with Crippen molar-refractivity contribution in [3.8, 4) is 0 Å². The number of amides is 2. The molecule has 0 aliphatic carbocycles. The number of aromatic nitrogens is 2. The lowest BCUT2D eigenvalue weighted by Gasteiger charge is -2.13. The number of carbonyl (C=O) groups is 2. The van der Waals surface area contributed by atoms with Gasteiger partial charge in [0.15, 0.2) is 5.13 Å². The first kappa shape index (κ1) is 17.6. The fourth-order valence-corrected chi connectivity index (χ4v) is 4.27. The van der Waals surface area contributed by atoms with Crippen molar-refractivity contribution in [3.05, 3.63) is 53.3 Å². The molecule has 27 heavy (non-hydrogen) atoms. The van der Waals surface area contributed by atoms with Crippen molar-refractivity contribution in [3.63, 3.8) is 0 Å². The highest BCUT2D eigenvalue weighted by atomic mass is 32.1. The standard InChI is InChI=1S/C20H20N4O2S/c1-12-7-13(2)21-9-15(12)10-22-19(26)14-8-18(25)24(11-14)20-23-16-5-3-4-6-17(16)27-20/h3-7,9,14H,8,10-11H2,1-2H3,(H,22,26). The van der Waals surface area contributed by atoms with E-state index in [4.69, 9.17) is 0 Å². The summed E-state index contributed by atoms with van der Waals surface area (Å²) in [6.07, 6.45) is 2.01. The zero-order valence-corrected chi connectivity index (χ0v) is 16.0. The van der Waals surface area contributed by atoms with Gasteiger partial charge in [0.05, 0.1) is 16.1 Å². The lowest BCUT2D eigenvalue weighted by Crippen LogP contribution is -2.32. The van der Waals surface area contributed by atoms with Gasteiger partial charge in [-0.15, -0.1) is 0 Å². The molecule has 0 saturated carbocycles. The van der Waals surface area contributed by atoms with E-state index in [1.54, 1.807) is 11.1 Å². The van der Waals surface area contributed by atoms with Crippen LogP contribution in [-0.2, 0) is 16.1 Å². The smallest absolute Gasteiger partial charge is 0.229 e. The first-order valence-electron chi connectivity index (χ1n) is 8.87. The molecule has 2 amide bonds. The van der Waals surface area contributed by atoms with Crippen LogP contribution in [-0.4, -0.2) is 28.3 Å².